The Bertz CT molecular complexity index is 1900. The molecule has 0 aliphatic carbocycles. The Morgan fingerprint density at radius 1 is 0.763 bits per heavy atom. The maximum Gasteiger partial charge on any atom is 0.227 e. The predicted octanol–water partition coefficient (Wildman–Crippen LogP) is 9.44. The summed E-state index contributed by atoms with van der Waals surface area (Å²) < 4.78 is 13.1. The molecule has 7 rings (SSSR count). The van der Waals surface area contributed by atoms with Gasteiger partial charge in [-0.25, -0.2) is 4.98 Å². The van der Waals surface area contributed by atoms with Crippen LogP contribution in [0.3, 0.4) is 0 Å². The van der Waals surface area contributed by atoms with Gasteiger partial charge < -0.3 is 18.7 Å². The fourth-order valence-electron chi connectivity index (χ4n) is 5.68. The molecule has 5 nitrogen and oxygen atoms in total. The number of furan rings is 1. The van der Waals surface area contributed by atoms with E-state index in [1.807, 2.05) is 30.3 Å². The maximum absolute atomic E-state index is 6.67. The number of para-hydroxylation sites is 1. The molecule has 190 valence electrons. The van der Waals surface area contributed by atoms with E-state index >= 15 is 0 Å². The van der Waals surface area contributed by atoms with Gasteiger partial charge in [0.1, 0.15) is 11.1 Å². The number of rotatable bonds is 8. The van der Waals surface area contributed by atoms with E-state index in [1.165, 1.54) is 31.4 Å². The first-order valence-corrected chi connectivity index (χ1v) is 13.8. The lowest BCUT2D eigenvalue weighted by Crippen LogP contribution is -2.25. The number of fused-ring (bicyclic) bond motifs is 10. The predicted molar refractivity (Wildman–Crippen MR) is 158 cm³/mol. The minimum atomic E-state index is 0.597. The van der Waals surface area contributed by atoms with Crippen LogP contribution in [0.15, 0.2) is 81.6 Å². The molecule has 0 bridgehead atoms. The van der Waals surface area contributed by atoms with E-state index in [-0.39, 0.29) is 0 Å². The highest BCUT2D eigenvalue weighted by Crippen LogP contribution is 2.45. The normalized spacial score (nSPS) is 12.1. The van der Waals surface area contributed by atoms with Crippen molar-refractivity contribution in [2.24, 2.45) is 0 Å². The monoisotopic (exact) mass is 501 g/mol. The van der Waals surface area contributed by atoms with Crippen LogP contribution in [0, 0.1) is 0 Å². The third-order valence-corrected chi connectivity index (χ3v) is 7.65. The van der Waals surface area contributed by atoms with Crippen molar-refractivity contribution in [3.63, 3.8) is 0 Å². The number of aromatic amines is 1. The smallest absolute Gasteiger partial charge is 0.227 e. The van der Waals surface area contributed by atoms with Crippen molar-refractivity contribution in [3.05, 3.63) is 72.8 Å². The van der Waals surface area contributed by atoms with Crippen LogP contribution >= 0.6 is 0 Å². The molecular weight excluding hydrogens is 470 g/mol. The van der Waals surface area contributed by atoms with Gasteiger partial charge in [-0.2, -0.15) is 0 Å². The molecule has 3 aromatic heterocycles. The molecule has 1 N–H and O–H groups in total. The molecular formula is C33H31N3O2. The second kappa shape index (κ2) is 9.25. The van der Waals surface area contributed by atoms with E-state index in [2.05, 4.69) is 66.2 Å². The molecule has 38 heavy (non-hydrogen) atoms. The molecule has 0 aliphatic rings. The van der Waals surface area contributed by atoms with Gasteiger partial charge >= 0.3 is 0 Å². The highest BCUT2D eigenvalue weighted by Gasteiger charge is 2.24. The zero-order valence-corrected chi connectivity index (χ0v) is 21.9. The standard InChI is InChI=1S/C33H31N3O2/c1-3-5-18-36(19-6-4-2)22-16-17-24-26(20-22)37-31-28(24)27-23-14-10-11-15-25(23)34-29(27)30-32(31)38-33(35-30)21-12-8-7-9-13-21/h7-17,20,34H,3-6,18-19H2,1-2H3. The average Bonchev–Trinajstić information content (AvgIpc) is 3.66. The van der Waals surface area contributed by atoms with Gasteiger partial charge in [0.25, 0.3) is 0 Å². The minimum Gasteiger partial charge on any atom is -0.452 e. The fourth-order valence-corrected chi connectivity index (χ4v) is 5.68. The maximum atomic E-state index is 6.67. The average molecular weight is 502 g/mol. The lowest BCUT2D eigenvalue weighted by atomic mass is 10.0. The number of oxazole rings is 1. The summed E-state index contributed by atoms with van der Waals surface area (Å²) in [6, 6.07) is 25.2. The van der Waals surface area contributed by atoms with Gasteiger partial charge in [-0.05, 0) is 43.2 Å². The molecule has 0 fully saturated rings. The van der Waals surface area contributed by atoms with Gasteiger partial charge in [-0.3, -0.25) is 0 Å². The summed E-state index contributed by atoms with van der Waals surface area (Å²) >= 11 is 0. The molecule has 0 atom stereocenters. The van der Waals surface area contributed by atoms with Gasteiger partial charge in [0, 0.05) is 57.5 Å². The van der Waals surface area contributed by atoms with Crippen molar-refractivity contribution in [2.45, 2.75) is 39.5 Å². The van der Waals surface area contributed by atoms with Gasteiger partial charge in [0.2, 0.25) is 11.5 Å². The van der Waals surface area contributed by atoms with E-state index in [0.717, 1.165) is 67.9 Å². The number of aromatic nitrogens is 2. The van der Waals surface area contributed by atoms with Crippen LogP contribution in [0.2, 0.25) is 0 Å². The zero-order valence-electron chi connectivity index (χ0n) is 21.9. The van der Waals surface area contributed by atoms with Crippen molar-refractivity contribution in [1.29, 1.82) is 0 Å². The summed E-state index contributed by atoms with van der Waals surface area (Å²) in [5.41, 5.74) is 7.35. The highest BCUT2D eigenvalue weighted by atomic mass is 16.4. The first kappa shape index (κ1) is 22.9. The quantitative estimate of drug-likeness (QED) is 0.225. The lowest BCUT2D eigenvalue weighted by Gasteiger charge is -2.24. The Morgan fingerprint density at radius 3 is 2.32 bits per heavy atom. The molecule has 3 heterocycles. The van der Waals surface area contributed by atoms with Crippen LogP contribution < -0.4 is 4.90 Å². The third kappa shape index (κ3) is 3.57. The number of hydrogen-bond donors (Lipinski definition) is 1. The van der Waals surface area contributed by atoms with Gasteiger partial charge in [0.15, 0.2) is 5.58 Å². The summed E-state index contributed by atoms with van der Waals surface area (Å²) in [4.78, 5) is 11.1. The number of benzene rings is 4. The molecule has 7 aromatic rings. The molecule has 4 aromatic carbocycles. The first-order valence-electron chi connectivity index (χ1n) is 13.8. The number of H-pyrrole nitrogens is 1. The summed E-state index contributed by atoms with van der Waals surface area (Å²) in [5, 5.41) is 4.48. The molecule has 0 saturated heterocycles. The fraction of sp³-hybridized carbons (Fsp3) is 0.242. The molecule has 0 unspecified atom stereocenters. The van der Waals surface area contributed by atoms with E-state index in [4.69, 9.17) is 13.8 Å². The summed E-state index contributed by atoms with van der Waals surface area (Å²) in [6.07, 6.45) is 4.72. The number of nitrogens with zero attached hydrogens (tertiary/aromatic N) is 2. The second-order valence-corrected chi connectivity index (χ2v) is 10.2. The summed E-state index contributed by atoms with van der Waals surface area (Å²) in [7, 11) is 0. The topological polar surface area (TPSA) is 58.2 Å². The van der Waals surface area contributed by atoms with Crippen LogP contribution in [0.1, 0.15) is 39.5 Å². The van der Waals surface area contributed by atoms with Crippen molar-refractivity contribution in [1.82, 2.24) is 9.97 Å². The second-order valence-electron chi connectivity index (χ2n) is 10.2. The molecule has 5 heteroatoms. The van der Waals surface area contributed by atoms with Crippen LogP contribution in [0.25, 0.3) is 66.3 Å². The van der Waals surface area contributed by atoms with E-state index in [9.17, 15) is 0 Å². The Hall–Kier alpha value is -4.25. The summed E-state index contributed by atoms with van der Waals surface area (Å²) in [6.45, 7) is 6.61. The molecule has 0 aliphatic heterocycles. The Balaban J connectivity index is 1.53. The van der Waals surface area contributed by atoms with Gasteiger partial charge in [-0.1, -0.05) is 63.1 Å². The van der Waals surface area contributed by atoms with E-state index in [0.29, 0.717) is 11.5 Å². The molecule has 0 spiro atoms. The van der Waals surface area contributed by atoms with Crippen molar-refractivity contribution < 1.29 is 8.83 Å². The number of hydrogen-bond acceptors (Lipinski definition) is 4. The van der Waals surface area contributed by atoms with Crippen LogP contribution in [-0.2, 0) is 0 Å². The van der Waals surface area contributed by atoms with Crippen LogP contribution in [0.5, 0.6) is 0 Å². The number of unbranched alkanes of at least 4 members (excludes halogenated alkanes) is 2. The Morgan fingerprint density at radius 2 is 1.53 bits per heavy atom. The molecule has 0 amide bonds. The largest absolute Gasteiger partial charge is 0.452 e. The summed E-state index contributed by atoms with van der Waals surface area (Å²) in [5.74, 6) is 0.597. The van der Waals surface area contributed by atoms with Crippen molar-refractivity contribution >= 4 is 60.5 Å². The lowest BCUT2D eigenvalue weighted by molar-refractivity contribution is 0.603. The third-order valence-electron chi connectivity index (χ3n) is 7.65. The molecule has 0 radical (unpaired) electrons. The van der Waals surface area contributed by atoms with Crippen LogP contribution in [-0.4, -0.2) is 23.1 Å². The zero-order chi connectivity index (χ0) is 25.6. The minimum absolute atomic E-state index is 0.597. The highest BCUT2D eigenvalue weighted by molar-refractivity contribution is 6.34. The Kier molecular flexibility index (Phi) is 5.58. The Labute approximate surface area is 221 Å². The van der Waals surface area contributed by atoms with Crippen molar-refractivity contribution in [2.75, 3.05) is 18.0 Å². The SMILES string of the molecule is CCCCN(CCCC)c1ccc2c(c1)oc1c3oc(-c4ccccc4)nc3c3[nH]c4ccccc4c3c21. The van der Waals surface area contributed by atoms with Crippen LogP contribution in [0.4, 0.5) is 5.69 Å². The number of nitrogens with one attached hydrogen (secondary N) is 1. The number of anilines is 1. The van der Waals surface area contributed by atoms with E-state index < -0.39 is 0 Å². The van der Waals surface area contributed by atoms with E-state index in [1.54, 1.807) is 0 Å². The van der Waals surface area contributed by atoms with Gasteiger partial charge in [0.05, 0.1) is 5.52 Å². The van der Waals surface area contributed by atoms with Gasteiger partial charge in [-0.15, -0.1) is 0 Å². The van der Waals surface area contributed by atoms with Crippen molar-refractivity contribution in [3.8, 4) is 11.5 Å². The first-order chi connectivity index (χ1) is 18.8. The molecule has 0 saturated carbocycles.